The lowest BCUT2D eigenvalue weighted by atomic mass is 10.1. The molecule has 22 heavy (non-hydrogen) atoms. The average Bonchev–Trinajstić information content (AvgIpc) is 3.11. The van der Waals surface area contributed by atoms with Crippen LogP contribution in [0.1, 0.15) is 30.2 Å². The maximum Gasteiger partial charge on any atom is 0.191 e. The predicted molar refractivity (Wildman–Crippen MR) is 108 cm³/mol. The zero-order chi connectivity index (χ0) is 15.1. The van der Waals surface area contributed by atoms with Crippen LogP contribution >= 0.6 is 35.3 Å². The highest BCUT2D eigenvalue weighted by Gasteiger charge is 2.14. The van der Waals surface area contributed by atoms with Crippen molar-refractivity contribution in [1.29, 1.82) is 0 Å². The summed E-state index contributed by atoms with van der Waals surface area (Å²) in [5.74, 6) is 1.54. The van der Waals surface area contributed by atoms with Crippen molar-refractivity contribution in [2.24, 2.45) is 10.9 Å². The van der Waals surface area contributed by atoms with Crippen molar-refractivity contribution in [2.75, 3.05) is 33.2 Å². The average molecular weight is 436 g/mol. The molecule has 1 unspecified atom stereocenters. The highest BCUT2D eigenvalue weighted by atomic mass is 127. The molecule has 0 saturated carbocycles. The second kappa shape index (κ2) is 10.4. The lowest BCUT2D eigenvalue weighted by Crippen LogP contribution is -2.41. The zero-order valence-corrected chi connectivity index (χ0v) is 17.0. The third kappa shape index (κ3) is 6.42. The van der Waals surface area contributed by atoms with Gasteiger partial charge in [-0.2, -0.15) is 0 Å². The van der Waals surface area contributed by atoms with E-state index in [0.29, 0.717) is 5.92 Å². The number of halogens is 1. The van der Waals surface area contributed by atoms with Crippen LogP contribution in [0.5, 0.6) is 0 Å². The van der Waals surface area contributed by atoms with Crippen molar-refractivity contribution in [3.63, 3.8) is 0 Å². The molecule has 6 heteroatoms. The summed E-state index contributed by atoms with van der Waals surface area (Å²) >= 11 is 1.80. The van der Waals surface area contributed by atoms with Crippen LogP contribution in [-0.2, 0) is 6.54 Å². The van der Waals surface area contributed by atoms with E-state index in [4.69, 9.17) is 0 Å². The summed E-state index contributed by atoms with van der Waals surface area (Å²) < 4.78 is 0. The molecule has 126 valence electrons. The smallest absolute Gasteiger partial charge is 0.191 e. The fraction of sp³-hybridized carbons (Fsp3) is 0.688. The van der Waals surface area contributed by atoms with Crippen LogP contribution in [0.25, 0.3) is 0 Å². The van der Waals surface area contributed by atoms with Gasteiger partial charge in [-0.25, -0.2) is 0 Å². The third-order valence-electron chi connectivity index (χ3n) is 3.99. The standard InChI is InChI=1S/C16H28N4S.HI/c1-13(12-20-7-4-5-8-20)10-18-16(17-3)19-11-15-14(2)6-9-21-15;/h6,9,13H,4-5,7-8,10-12H2,1-3H3,(H2,17,18,19);1H. The Morgan fingerprint density at radius 1 is 1.36 bits per heavy atom. The number of aryl methyl sites for hydroxylation is 1. The molecular formula is C16H29IN4S. The molecular weight excluding hydrogens is 407 g/mol. The van der Waals surface area contributed by atoms with Crippen LogP contribution in [0.2, 0.25) is 0 Å². The van der Waals surface area contributed by atoms with Gasteiger partial charge in [0.25, 0.3) is 0 Å². The first kappa shape index (κ1) is 19.7. The number of nitrogens with one attached hydrogen (secondary N) is 2. The van der Waals surface area contributed by atoms with Gasteiger partial charge in [0.15, 0.2) is 5.96 Å². The summed E-state index contributed by atoms with van der Waals surface area (Å²) in [5, 5.41) is 8.98. The summed E-state index contributed by atoms with van der Waals surface area (Å²) in [5.41, 5.74) is 1.35. The Bertz CT molecular complexity index is 455. The van der Waals surface area contributed by atoms with Crippen LogP contribution in [-0.4, -0.2) is 44.1 Å². The number of hydrogen-bond donors (Lipinski definition) is 2. The number of aliphatic imine (C=N–C) groups is 1. The van der Waals surface area contributed by atoms with E-state index < -0.39 is 0 Å². The molecule has 1 aliphatic heterocycles. The zero-order valence-electron chi connectivity index (χ0n) is 13.9. The molecule has 0 bridgehead atoms. The van der Waals surface area contributed by atoms with E-state index in [9.17, 15) is 0 Å². The lowest BCUT2D eigenvalue weighted by Gasteiger charge is -2.21. The van der Waals surface area contributed by atoms with Crippen LogP contribution in [0.3, 0.4) is 0 Å². The molecule has 1 saturated heterocycles. The SMILES string of the molecule is CN=C(NCc1sccc1C)NCC(C)CN1CCCC1.I. The van der Waals surface area contributed by atoms with Crippen LogP contribution < -0.4 is 10.6 Å². The topological polar surface area (TPSA) is 39.7 Å². The molecule has 2 rings (SSSR count). The first-order valence-corrected chi connectivity index (χ1v) is 8.77. The number of guanidine groups is 1. The van der Waals surface area contributed by atoms with Crippen LogP contribution in [0.4, 0.5) is 0 Å². The van der Waals surface area contributed by atoms with E-state index in [1.165, 1.54) is 42.9 Å². The maximum absolute atomic E-state index is 4.31. The van der Waals surface area contributed by atoms with Gasteiger partial charge in [0.1, 0.15) is 0 Å². The Morgan fingerprint density at radius 3 is 2.68 bits per heavy atom. The Morgan fingerprint density at radius 2 is 2.09 bits per heavy atom. The summed E-state index contributed by atoms with van der Waals surface area (Å²) in [6.45, 7) is 10.0. The van der Waals surface area contributed by atoms with E-state index in [-0.39, 0.29) is 24.0 Å². The highest BCUT2D eigenvalue weighted by Crippen LogP contribution is 2.14. The molecule has 1 aromatic heterocycles. The minimum absolute atomic E-state index is 0. The molecule has 2 N–H and O–H groups in total. The van der Waals surface area contributed by atoms with Gasteiger partial charge < -0.3 is 15.5 Å². The van der Waals surface area contributed by atoms with Gasteiger partial charge in [-0.1, -0.05) is 6.92 Å². The van der Waals surface area contributed by atoms with E-state index in [1.807, 2.05) is 7.05 Å². The summed E-state index contributed by atoms with van der Waals surface area (Å²) in [7, 11) is 1.84. The minimum Gasteiger partial charge on any atom is -0.356 e. The van der Waals surface area contributed by atoms with E-state index in [2.05, 4.69) is 45.8 Å². The van der Waals surface area contributed by atoms with Crippen LogP contribution in [0, 0.1) is 12.8 Å². The number of rotatable bonds is 6. The first-order chi connectivity index (χ1) is 10.2. The van der Waals surface area contributed by atoms with Crippen molar-refractivity contribution in [2.45, 2.75) is 33.2 Å². The minimum atomic E-state index is 0. The first-order valence-electron chi connectivity index (χ1n) is 7.89. The van der Waals surface area contributed by atoms with Gasteiger partial charge in [0, 0.05) is 25.0 Å². The third-order valence-corrected chi connectivity index (χ3v) is 5.02. The van der Waals surface area contributed by atoms with Crippen molar-refractivity contribution >= 4 is 41.3 Å². The van der Waals surface area contributed by atoms with E-state index in [1.54, 1.807) is 11.3 Å². The molecule has 0 radical (unpaired) electrons. The van der Waals surface area contributed by atoms with Gasteiger partial charge in [0.05, 0.1) is 6.54 Å². The summed E-state index contributed by atoms with van der Waals surface area (Å²) in [4.78, 5) is 8.25. The van der Waals surface area contributed by atoms with Gasteiger partial charge >= 0.3 is 0 Å². The Hall–Kier alpha value is -0.340. The Balaban J connectivity index is 0.00000242. The normalized spacial score (nSPS) is 17.1. The summed E-state index contributed by atoms with van der Waals surface area (Å²) in [6, 6.07) is 2.16. The molecule has 1 atom stereocenters. The molecule has 0 aromatic carbocycles. The Labute approximate surface area is 155 Å². The fourth-order valence-electron chi connectivity index (χ4n) is 2.71. The second-order valence-corrected chi connectivity index (χ2v) is 6.95. The van der Waals surface area contributed by atoms with Crippen molar-refractivity contribution in [1.82, 2.24) is 15.5 Å². The number of likely N-dealkylation sites (tertiary alicyclic amines) is 1. The van der Waals surface area contributed by atoms with Gasteiger partial charge in [-0.05, 0) is 55.8 Å². The molecule has 1 fully saturated rings. The number of nitrogens with zero attached hydrogens (tertiary/aromatic N) is 2. The molecule has 1 aromatic rings. The lowest BCUT2D eigenvalue weighted by molar-refractivity contribution is 0.287. The quantitative estimate of drug-likeness (QED) is 0.409. The summed E-state index contributed by atoms with van der Waals surface area (Å²) in [6.07, 6.45) is 2.73. The van der Waals surface area contributed by atoms with Gasteiger partial charge in [-0.3, -0.25) is 4.99 Å². The van der Waals surface area contributed by atoms with E-state index in [0.717, 1.165) is 19.0 Å². The van der Waals surface area contributed by atoms with Crippen molar-refractivity contribution in [3.8, 4) is 0 Å². The molecule has 0 amide bonds. The molecule has 0 aliphatic carbocycles. The Kier molecular flexibility index (Phi) is 9.35. The molecule has 1 aliphatic rings. The fourth-order valence-corrected chi connectivity index (χ4v) is 3.56. The molecule has 2 heterocycles. The van der Waals surface area contributed by atoms with Gasteiger partial charge in [-0.15, -0.1) is 35.3 Å². The van der Waals surface area contributed by atoms with Gasteiger partial charge in [0.2, 0.25) is 0 Å². The van der Waals surface area contributed by atoms with Crippen molar-refractivity contribution in [3.05, 3.63) is 21.9 Å². The highest BCUT2D eigenvalue weighted by molar-refractivity contribution is 14.0. The monoisotopic (exact) mass is 436 g/mol. The largest absolute Gasteiger partial charge is 0.356 e. The van der Waals surface area contributed by atoms with E-state index >= 15 is 0 Å². The number of hydrogen-bond acceptors (Lipinski definition) is 3. The number of thiophene rings is 1. The van der Waals surface area contributed by atoms with Crippen LogP contribution in [0.15, 0.2) is 16.4 Å². The molecule has 4 nitrogen and oxygen atoms in total. The molecule has 0 spiro atoms. The second-order valence-electron chi connectivity index (χ2n) is 5.95. The maximum atomic E-state index is 4.31. The van der Waals surface area contributed by atoms with Crippen molar-refractivity contribution < 1.29 is 0 Å². The predicted octanol–water partition coefficient (Wildman–Crippen LogP) is 3.07.